The first kappa shape index (κ1) is 19.5. The summed E-state index contributed by atoms with van der Waals surface area (Å²) in [7, 11) is 0. The van der Waals surface area contributed by atoms with Crippen LogP contribution >= 0.6 is 0 Å². The zero-order chi connectivity index (χ0) is 19.0. The van der Waals surface area contributed by atoms with Crippen LogP contribution in [0.15, 0.2) is 36.4 Å². The molecule has 0 bridgehead atoms. The third-order valence-corrected chi connectivity index (χ3v) is 2.73. The summed E-state index contributed by atoms with van der Waals surface area (Å²) in [6.45, 7) is 4.48. The lowest BCUT2D eigenvalue weighted by Crippen LogP contribution is -2.13. The molecule has 0 aromatic heterocycles. The van der Waals surface area contributed by atoms with E-state index in [0.29, 0.717) is 0 Å². The van der Waals surface area contributed by atoms with Crippen molar-refractivity contribution in [2.24, 2.45) is 0 Å². The zero-order valence-electron chi connectivity index (χ0n) is 13.2. The lowest BCUT2D eigenvalue weighted by molar-refractivity contribution is -0.394. The minimum absolute atomic E-state index is 0.00117. The van der Waals surface area contributed by atoms with E-state index in [4.69, 9.17) is 9.47 Å². The zero-order valence-corrected chi connectivity index (χ0v) is 13.2. The van der Waals surface area contributed by atoms with Gasteiger partial charge in [0, 0.05) is 17.7 Å². The number of ether oxygens (including phenoxy) is 2. The molecule has 0 amide bonds. The van der Waals surface area contributed by atoms with Gasteiger partial charge in [0.05, 0.1) is 21.5 Å². The molecule has 0 heterocycles. The quantitative estimate of drug-likeness (QED) is 0.228. The number of carbonyl (C=O) groups excluding carboxylic acids is 2. The summed E-state index contributed by atoms with van der Waals surface area (Å²) in [5.74, 6) is -1.44. The molecule has 0 radical (unpaired) electrons. The normalized spacial score (nSPS) is 10.3. The average molecular weight is 350 g/mol. The SMILES string of the molecule is C=C(C)C(=O)OCCOC(=O)/C=C/c1ccc([N+](=O)[O-])cc1[N+](=O)[O-]. The summed E-state index contributed by atoms with van der Waals surface area (Å²) in [5.41, 5.74) is -0.752. The van der Waals surface area contributed by atoms with Crippen LogP contribution in [-0.2, 0) is 19.1 Å². The molecular formula is C15H14N2O8. The molecular weight excluding hydrogens is 336 g/mol. The van der Waals surface area contributed by atoms with E-state index in [9.17, 15) is 29.8 Å². The van der Waals surface area contributed by atoms with E-state index < -0.39 is 33.2 Å². The van der Waals surface area contributed by atoms with E-state index >= 15 is 0 Å². The third-order valence-electron chi connectivity index (χ3n) is 2.73. The van der Waals surface area contributed by atoms with Gasteiger partial charge < -0.3 is 9.47 Å². The van der Waals surface area contributed by atoms with Crippen LogP contribution in [0.1, 0.15) is 12.5 Å². The molecule has 0 atom stereocenters. The number of nitro groups is 2. The van der Waals surface area contributed by atoms with Crippen molar-refractivity contribution in [1.82, 2.24) is 0 Å². The number of rotatable bonds is 8. The number of hydrogen-bond acceptors (Lipinski definition) is 8. The Hall–Kier alpha value is -3.56. The number of nitrogens with zero attached hydrogens (tertiary/aromatic N) is 2. The summed E-state index contributed by atoms with van der Waals surface area (Å²) in [4.78, 5) is 42.6. The summed E-state index contributed by atoms with van der Waals surface area (Å²) < 4.78 is 9.46. The molecule has 0 unspecified atom stereocenters. The predicted molar refractivity (Wildman–Crippen MR) is 85.5 cm³/mol. The number of nitro benzene ring substituents is 2. The molecule has 25 heavy (non-hydrogen) atoms. The summed E-state index contributed by atoms with van der Waals surface area (Å²) in [6, 6.07) is 3.02. The number of carbonyl (C=O) groups is 2. The fourth-order valence-corrected chi connectivity index (χ4v) is 1.55. The van der Waals surface area contributed by atoms with Gasteiger partial charge in [-0.3, -0.25) is 20.2 Å². The molecule has 0 saturated carbocycles. The van der Waals surface area contributed by atoms with Gasteiger partial charge in [-0.25, -0.2) is 9.59 Å². The Bertz CT molecular complexity index is 754. The summed E-state index contributed by atoms with van der Waals surface area (Å²) in [5, 5.41) is 21.6. The lowest BCUT2D eigenvalue weighted by atomic mass is 10.1. The molecule has 0 aliphatic carbocycles. The van der Waals surface area contributed by atoms with Gasteiger partial charge in [-0.15, -0.1) is 0 Å². The van der Waals surface area contributed by atoms with Gasteiger partial charge in [0.1, 0.15) is 13.2 Å². The Balaban J connectivity index is 2.67. The van der Waals surface area contributed by atoms with Crippen LogP contribution in [0.2, 0.25) is 0 Å². The molecule has 10 nitrogen and oxygen atoms in total. The minimum Gasteiger partial charge on any atom is -0.459 e. The first-order valence-electron chi connectivity index (χ1n) is 6.82. The van der Waals surface area contributed by atoms with Crippen LogP contribution in [0.25, 0.3) is 6.08 Å². The van der Waals surface area contributed by atoms with Gasteiger partial charge in [0.25, 0.3) is 11.4 Å². The van der Waals surface area contributed by atoms with E-state index in [2.05, 4.69) is 6.58 Å². The minimum atomic E-state index is -0.820. The van der Waals surface area contributed by atoms with E-state index in [0.717, 1.165) is 30.4 Å². The smallest absolute Gasteiger partial charge is 0.333 e. The Morgan fingerprint density at radius 2 is 1.80 bits per heavy atom. The highest BCUT2D eigenvalue weighted by Crippen LogP contribution is 2.25. The highest BCUT2D eigenvalue weighted by molar-refractivity contribution is 5.88. The second-order valence-electron chi connectivity index (χ2n) is 4.67. The van der Waals surface area contributed by atoms with Crippen LogP contribution < -0.4 is 0 Å². The number of hydrogen-bond donors (Lipinski definition) is 0. The molecule has 0 spiro atoms. The first-order valence-corrected chi connectivity index (χ1v) is 6.82. The molecule has 10 heteroatoms. The van der Waals surface area contributed by atoms with E-state index in [1.54, 1.807) is 0 Å². The van der Waals surface area contributed by atoms with Crippen molar-refractivity contribution in [2.45, 2.75) is 6.92 Å². The van der Waals surface area contributed by atoms with Crippen LogP contribution in [0.3, 0.4) is 0 Å². The summed E-state index contributed by atoms with van der Waals surface area (Å²) >= 11 is 0. The molecule has 1 aromatic carbocycles. The number of esters is 2. The van der Waals surface area contributed by atoms with Gasteiger partial charge in [-0.05, 0) is 19.1 Å². The predicted octanol–water partition coefficient (Wildman–Crippen LogP) is 2.18. The standard InChI is InChI=1S/C15H14N2O8/c1-10(2)15(19)25-8-7-24-14(18)6-4-11-3-5-12(16(20)21)9-13(11)17(22)23/h3-6,9H,1,7-8H2,2H3/b6-4+. The molecule has 0 aliphatic heterocycles. The van der Waals surface area contributed by atoms with Gasteiger partial charge in [0.2, 0.25) is 0 Å². The Labute approximate surface area is 141 Å². The fourth-order valence-electron chi connectivity index (χ4n) is 1.55. The van der Waals surface area contributed by atoms with E-state index in [-0.39, 0.29) is 24.4 Å². The monoisotopic (exact) mass is 350 g/mol. The molecule has 0 saturated heterocycles. The van der Waals surface area contributed by atoms with Crippen LogP contribution in [0.4, 0.5) is 11.4 Å². The Kier molecular flexibility index (Phi) is 6.95. The number of benzene rings is 1. The maximum Gasteiger partial charge on any atom is 0.333 e. The second-order valence-corrected chi connectivity index (χ2v) is 4.67. The van der Waals surface area contributed by atoms with E-state index in [1.165, 1.54) is 6.92 Å². The Morgan fingerprint density at radius 1 is 1.16 bits per heavy atom. The number of non-ortho nitro benzene ring substituents is 1. The van der Waals surface area contributed by atoms with Gasteiger partial charge in [-0.1, -0.05) is 6.58 Å². The topological polar surface area (TPSA) is 139 Å². The van der Waals surface area contributed by atoms with Gasteiger partial charge >= 0.3 is 11.9 Å². The second kappa shape index (κ2) is 8.91. The average Bonchev–Trinajstić information content (AvgIpc) is 2.56. The van der Waals surface area contributed by atoms with Crippen molar-refractivity contribution in [3.63, 3.8) is 0 Å². The maximum atomic E-state index is 11.5. The van der Waals surface area contributed by atoms with Crippen molar-refractivity contribution >= 4 is 29.4 Å². The lowest BCUT2D eigenvalue weighted by Gasteiger charge is -2.04. The van der Waals surface area contributed by atoms with Gasteiger partial charge in [-0.2, -0.15) is 0 Å². The maximum absolute atomic E-state index is 11.5. The van der Waals surface area contributed by atoms with Crippen molar-refractivity contribution in [3.05, 3.63) is 62.2 Å². The summed E-state index contributed by atoms with van der Waals surface area (Å²) in [6.07, 6.45) is 2.03. The van der Waals surface area contributed by atoms with Crippen molar-refractivity contribution < 1.29 is 28.9 Å². The van der Waals surface area contributed by atoms with E-state index in [1.807, 2.05) is 0 Å². The van der Waals surface area contributed by atoms with Crippen LogP contribution in [0, 0.1) is 20.2 Å². The van der Waals surface area contributed by atoms with Gasteiger partial charge in [0.15, 0.2) is 0 Å². The highest BCUT2D eigenvalue weighted by Gasteiger charge is 2.17. The fraction of sp³-hybridized carbons (Fsp3) is 0.200. The first-order chi connectivity index (χ1) is 11.7. The molecule has 132 valence electrons. The Morgan fingerprint density at radius 3 is 2.36 bits per heavy atom. The van der Waals surface area contributed by atoms with Crippen molar-refractivity contribution in [2.75, 3.05) is 13.2 Å². The molecule has 1 rings (SSSR count). The largest absolute Gasteiger partial charge is 0.459 e. The van der Waals surface area contributed by atoms with Crippen LogP contribution in [0.5, 0.6) is 0 Å². The molecule has 0 N–H and O–H groups in total. The van der Waals surface area contributed by atoms with Crippen molar-refractivity contribution in [1.29, 1.82) is 0 Å². The third kappa shape index (κ3) is 6.22. The molecule has 0 aliphatic rings. The highest BCUT2D eigenvalue weighted by atomic mass is 16.6. The van der Waals surface area contributed by atoms with Crippen LogP contribution in [-0.4, -0.2) is 35.0 Å². The molecule has 1 aromatic rings. The van der Waals surface area contributed by atoms with Crippen molar-refractivity contribution in [3.8, 4) is 0 Å². The molecule has 0 fully saturated rings.